The number of halogens is 4. The topological polar surface area (TPSA) is 38.9 Å². The Hall–Kier alpha value is -1.75. The molecule has 2 nitrogen and oxygen atoms in total. The number of hydrogen-bond acceptors (Lipinski definition) is 2. The fourth-order valence-corrected chi connectivity index (χ4v) is 1.56. The molecule has 0 bridgehead atoms. The number of pyridine rings is 1. The molecule has 88 valence electrons. The van der Waals surface area contributed by atoms with Crippen LogP contribution in [-0.2, 0) is 0 Å². The maximum absolute atomic E-state index is 13.6. The molecule has 0 spiro atoms. The van der Waals surface area contributed by atoms with Gasteiger partial charge in [-0.3, -0.25) is 0 Å². The molecule has 0 atom stereocenters. The van der Waals surface area contributed by atoms with Crippen molar-refractivity contribution >= 4 is 17.3 Å². The highest BCUT2D eigenvalue weighted by atomic mass is 35.5. The van der Waals surface area contributed by atoms with Crippen LogP contribution in [0.5, 0.6) is 0 Å². The average Bonchev–Trinajstić information content (AvgIpc) is 2.26. The summed E-state index contributed by atoms with van der Waals surface area (Å²) in [5.41, 5.74) is 3.83. The molecule has 0 saturated carbocycles. The number of nitrogens with zero attached hydrogens (tertiary/aromatic N) is 1. The normalized spacial score (nSPS) is 10.6. The van der Waals surface area contributed by atoms with Crippen LogP contribution in [0.4, 0.5) is 18.9 Å². The van der Waals surface area contributed by atoms with Gasteiger partial charge in [0.2, 0.25) is 0 Å². The molecule has 0 aliphatic rings. The summed E-state index contributed by atoms with van der Waals surface area (Å²) in [5.74, 6) is -3.67. The maximum Gasteiger partial charge on any atom is 0.182 e. The lowest BCUT2D eigenvalue weighted by Crippen LogP contribution is -2.01. The molecule has 0 fully saturated rings. The van der Waals surface area contributed by atoms with Crippen LogP contribution < -0.4 is 5.73 Å². The van der Waals surface area contributed by atoms with Gasteiger partial charge < -0.3 is 5.73 Å². The monoisotopic (exact) mass is 258 g/mol. The van der Waals surface area contributed by atoms with Crippen molar-refractivity contribution in [2.75, 3.05) is 5.73 Å². The Labute approximate surface area is 99.8 Å². The molecule has 0 amide bonds. The number of anilines is 1. The van der Waals surface area contributed by atoms with Gasteiger partial charge >= 0.3 is 0 Å². The lowest BCUT2D eigenvalue weighted by Gasteiger charge is -2.07. The lowest BCUT2D eigenvalue weighted by atomic mass is 10.1. The zero-order chi connectivity index (χ0) is 12.6. The standard InChI is InChI=1S/C11H6ClF3N2/c12-8-3-1-2-7(17-8)9-5(13)4-6(16)10(14)11(9)15/h1-4H,16H2. The van der Waals surface area contributed by atoms with Gasteiger partial charge in [0.1, 0.15) is 11.0 Å². The second-order valence-corrected chi connectivity index (χ2v) is 3.68. The summed E-state index contributed by atoms with van der Waals surface area (Å²) in [5, 5.41) is 0.0542. The Kier molecular flexibility index (Phi) is 2.93. The van der Waals surface area contributed by atoms with Crippen LogP contribution in [0.25, 0.3) is 11.3 Å². The van der Waals surface area contributed by atoms with E-state index in [-0.39, 0.29) is 10.8 Å². The maximum atomic E-state index is 13.6. The number of aromatic nitrogens is 1. The Balaban J connectivity index is 2.72. The van der Waals surface area contributed by atoms with E-state index in [2.05, 4.69) is 4.98 Å². The largest absolute Gasteiger partial charge is 0.396 e. The van der Waals surface area contributed by atoms with Gasteiger partial charge in [0.15, 0.2) is 11.6 Å². The first-order valence-corrected chi connectivity index (χ1v) is 4.94. The van der Waals surface area contributed by atoms with Crippen molar-refractivity contribution in [3.05, 3.63) is 46.9 Å². The molecule has 17 heavy (non-hydrogen) atoms. The van der Waals surface area contributed by atoms with Crippen molar-refractivity contribution in [2.45, 2.75) is 0 Å². The predicted octanol–water partition coefficient (Wildman–Crippen LogP) is 3.40. The number of hydrogen-bond donors (Lipinski definition) is 1. The van der Waals surface area contributed by atoms with Crippen molar-refractivity contribution in [2.24, 2.45) is 0 Å². The first-order chi connectivity index (χ1) is 8.00. The Morgan fingerprint density at radius 3 is 2.47 bits per heavy atom. The van der Waals surface area contributed by atoms with E-state index >= 15 is 0 Å². The molecule has 6 heteroatoms. The summed E-state index contributed by atoms with van der Waals surface area (Å²) in [6, 6.07) is 4.92. The van der Waals surface area contributed by atoms with Crippen LogP contribution >= 0.6 is 11.6 Å². The van der Waals surface area contributed by atoms with Crippen LogP contribution in [0.2, 0.25) is 5.15 Å². The molecule has 0 aliphatic heterocycles. The van der Waals surface area contributed by atoms with Crippen LogP contribution in [-0.4, -0.2) is 4.98 Å². The second kappa shape index (κ2) is 4.25. The fourth-order valence-electron chi connectivity index (χ4n) is 1.40. The molecular weight excluding hydrogens is 253 g/mol. The van der Waals surface area contributed by atoms with E-state index in [4.69, 9.17) is 17.3 Å². The molecule has 1 aromatic heterocycles. The number of benzene rings is 1. The van der Waals surface area contributed by atoms with Crippen molar-refractivity contribution in [3.63, 3.8) is 0 Å². The van der Waals surface area contributed by atoms with Gasteiger partial charge in [-0.15, -0.1) is 0 Å². The van der Waals surface area contributed by atoms with Crippen molar-refractivity contribution in [1.29, 1.82) is 0 Å². The molecule has 2 N–H and O–H groups in total. The van der Waals surface area contributed by atoms with Gasteiger partial charge in [-0.25, -0.2) is 18.2 Å². The minimum atomic E-state index is -1.38. The molecule has 0 aliphatic carbocycles. The molecule has 1 aromatic carbocycles. The summed E-state index contributed by atoms with van der Waals surface area (Å²) in [4.78, 5) is 3.71. The van der Waals surface area contributed by atoms with E-state index in [0.29, 0.717) is 6.07 Å². The van der Waals surface area contributed by atoms with E-state index < -0.39 is 28.7 Å². The first kappa shape index (κ1) is 11.7. The van der Waals surface area contributed by atoms with Crippen LogP contribution in [0.15, 0.2) is 24.3 Å². The van der Waals surface area contributed by atoms with E-state index in [0.717, 1.165) is 0 Å². The molecule has 0 unspecified atom stereocenters. The number of rotatable bonds is 1. The summed E-state index contributed by atoms with van der Waals surface area (Å²) < 4.78 is 40.3. The Bertz CT molecular complexity index is 587. The highest BCUT2D eigenvalue weighted by Crippen LogP contribution is 2.29. The zero-order valence-electron chi connectivity index (χ0n) is 8.35. The third-order valence-electron chi connectivity index (χ3n) is 2.16. The van der Waals surface area contributed by atoms with Crippen molar-refractivity contribution in [3.8, 4) is 11.3 Å². The molecule has 2 aromatic rings. The van der Waals surface area contributed by atoms with Crippen molar-refractivity contribution < 1.29 is 13.2 Å². The smallest absolute Gasteiger partial charge is 0.182 e. The highest BCUT2D eigenvalue weighted by molar-refractivity contribution is 6.29. The molecule has 0 radical (unpaired) electrons. The Morgan fingerprint density at radius 2 is 1.82 bits per heavy atom. The minimum absolute atomic E-state index is 0.0542. The predicted molar refractivity (Wildman–Crippen MR) is 59.0 cm³/mol. The SMILES string of the molecule is Nc1cc(F)c(-c2cccc(Cl)n2)c(F)c1F. The minimum Gasteiger partial charge on any atom is -0.396 e. The highest BCUT2D eigenvalue weighted by Gasteiger charge is 2.19. The third kappa shape index (κ3) is 2.06. The molecular formula is C11H6ClF3N2. The van der Waals surface area contributed by atoms with Crippen LogP contribution in [0.3, 0.4) is 0 Å². The molecule has 1 heterocycles. The molecule has 2 rings (SSSR count). The number of nitrogen functional groups attached to an aromatic ring is 1. The van der Waals surface area contributed by atoms with Gasteiger partial charge in [0, 0.05) is 6.07 Å². The summed E-state index contributed by atoms with van der Waals surface area (Å²) in [6.07, 6.45) is 0. The lowest BCUT2D eigenvalue weighted by molar-refractivity contribution is 0.502. The van der Waals surface area contributed by atoms with E-state index in [9.17, 15) is 13.2 Å². The molecule has 0 saturated heterocycles. The Morgan fingerprint density at radius 1 is 1.12 bits per heavy atom. The average molecular weight is 259 g/mol. The third-order valence-corrected chi connectivity index (χ3v) is 2.37. The zero-order valence-corrected chi connectivity index (χ0v) is 9.10. The fraction of sp³-hybridized carbons (Fsp3) is 0. The quantitative estimate of drug-likeness (QED) is 0.484. The summed E-state index contributed by atoms with van der Waals surface area (Å²) in [6.45, 7) is 0. The summed E-state index contributed by atoms with van der Waals surface area (Å²) in [7, 11) is 0. The van der Waals surface area contributed by atoms with Gasteiger partial charge in [-0.05, 0) is 12.1 Å². The van der Waals surface area contributed by atoms with Crippen molar-refractivity contribution in [1.82, 2.24) is 4.98 Å². The van der Waals surface area contributed by atoms with Crippen LogP contribution in [0, 0.1) is 17.5 Å². The summed E-state index contributed by atoms with van der Waals surface area (Å²) >= 11 is 5.60. The second-order valence-electron chi connectivity index (χ2n) is 3.30. The van der Waals surface area contributed by atoms with Gasteiger partial charge in [0.05, 0.1) is 16.9 Å². The number of nitrogens with two attached hydrogens (primary N) is 1. The van der Waals surface area contributed by atoms with Crippen LogP contribution in [0.1, 0.15) is 0 Å². The van der Waals surface area contributed by atoms with E-state index in [1.54, 1.807) is 0 Å². The van der Waals surface area contributed by atoms with Gasteiger partial charge in [-0.2, -0.15) is 0 Å². The van der Waals surface area contributed by atoms with E-state index in [1.807, 2.05) is 0 Å². The van der Waals surface area contributed by atoms with E-state index in [1.165, 1.54) is 18.2 Å². The first-order valence-electron chi connectivity index (χ1n) is 4.56. The van der Waals surface area contributed by atoms with Gasteiger partial charge in [0.25, 0.3) is 0 Å². The van der Waals surface area contributed by atoms with Gasteiger partial charge in [-0.1, -0.05) is 17.7 Å².